The van der Waals surface area contributed by atoms with Gasteiger partial charge in [0.25, 0.3) is 0 Å². The summed E-state index contributed by atoms with van der Waals surface area (Å²) in [4.78, 5) is 15.8. The van der Waals surface area contributed by atoms with Gasteiger partial charge in [-0.1, -0.05) is 18.2 Å². The highest BCUT2D eigenvalue weighted by atomic mass is 19.1. The molecule has 1 aliphatic heterocycles. The molecule has 1 aromatic rings. The molecule has 0 aromatic heterocycles. The van der Waals surface area contributed by atoms with Crippen molar-refractivity contribution in [1.82, 2.24) is 15.1 Å². The Hall–Kier alpha value is -1.92. The number of β-amino-alcohol motifs (C(OH)–C–C–N with tert-alkyl or cyclic N) is 1. The molecule has 1 saturated heterocycles. The quantitative estimate of drug-likeness (QED) is 0.874. The van der Waals surface area contributed by atoms with Crippen molar-refractivity contribution in [1.29, 1.82) is 0 Å². The van der Waals surface area contributed by atoms with Gasteiger partial charge in [-0.25, -0.2) is 9.18 Å². The van der Waals surface area contributed by atoms with Crippen molar-refractivity contribution < 1.29 is 14.3 Å². The predicted molar refractivity (Wildman–Crippen MR) is 79.1 cm³/mol. The number of amides is 2. The van der Waals surface area contributed by atoms with Gasteiger partial charge in [0, 0.05) is 44.5 Å². The van der Waals surface area contributed by atoms with Gasteiger partial charge < -0.3 is 15.3 Å². The summed E-state index contributed by atoms with van der Waals surface area (Å²) >= 11 is 0. The van der Waals surface area contributed by atoms with E-state index in [0.717, 1.165) is 13.1 Å². The van der Waals surface area contributed by atoms with Crippen LogP contribution in [0.3, 0.4) is 0 Å². The molecule has 6 heteroatoms. The molecule has 1 aromatic carbocycles. The van der Waals surface area contributed by atoms with E-state index < -0.39 is 0 Å². The second-order valence-electron chi connectivity index (χ2n) is 4.86. The summed E-state index contributed by atoms with van der Waals surface area (Å²) < 4.78 is 13.4. The minimum atomic E-state index is -0.319. The van der Waals surface area contributed by atoms with Crippen molar-refractivity contribution in [3.05, 3.63) is 41.8 Å². The van der Waals surface area contributed by atoms with Crippen LogP contribution in [-0.4, -0.2) is 60.3 Å². The second kappa shape index (κ2) is 7.75. The first-order valence-electron chi connectivity index (χ1n) is 7.00. The number of carbonyl (C=O) groups excluding carboxylic acids is 1. The highest BCUT2D eigenvalue weighted by Gasteiger charge is 2.19. The van der Waals surface area contributed by atoms with E-state index in [1.54, 1.807) is 23.1 Å². The van der Waals surface area contributed by atoms with Gasteiger partial charge in [-0.3, -0.25) is 4.90 Å². The number of aliphatic hydroxyl groups excluding tert-OH is 1. The molecule has 2 amide bonds. The summed E-state index contributed by atoms with van der Waals surface area (Å²) in [5.74, 6) is -0.319. The van der Waals surface area contributed by atoms with E-state index in [2.05, 4.69) is 10.2 Å². The van der Waals surface area contributed by atoms with Crippen LogP contribution in [0.5, 0.6) is 0 Å². The number of benzene rings is 1. The van der Waals surface area contributed by atoms with E-state index in [9.17, 15) is 9.18 Å². The molecule has 0 bridgehead atoms. The number of aliphatic hydroxyl groups is 1. The summed E-state index contributed by atoms with van der Waals surface area (Å²) in [7, 11) is 0. The SMILES string of the molecule is O=C(N/C=C/c1ccccc1F)N1CCN(CCO)CC1. The van der Waals surface area contributed by atoms with Gasteiger partial charge in [0.05, 0.1) is 6.61 Å². The molecular weight excluding hydrogens is 273 g/mol. The third kappa shape index (κ3) is 4.54. The number of hydrogen-bond donors (Lipinski definition) is 2. The number of urea groups is 1. The Morgan fingerprint density at radius 2 is 2.00 bits per heavy atom. The number of piperazine rings is 1. The summed E-state index contributed by atoms with van der Waals surface area (Å²) in [5, 5.41) is 11.5. The van der Waals surface area contributed by atoms with Gasteiger partial charge in [-0.2, -0.15) is 0 Å². The maximum absolute atomic E-state index is 13.4. The van der Waals surface area contributed by atoms with Crippen molar-refractivity contribution in [3.63, 3.8) is 0 Å². The lowest BCUT2D eigenvalue weighted by Crippen LogP contribution is -2.51. The first-order chi connectivity index (χ1) is 10.2. The van der Waals surface area contributed by atoms with Crippen LogP contribution in [-0.2, 0) is 0 Å². The Morgan fingerprint density at radius 1 is 1.29 bits per heavy atom. The molecule has 0 saturated carbocycles. The zero-order valence-corrected chi connectivity index (χ0v) is 11.8. The molecule has 0 unspecified atom stereocenters. The van der Waals surface area contributed by atoms with Crippen molar-refractivity contribution in [2.45, 2.75) is 0 Å². The zero-order valence-electron chi connectivity index (χ0n) is 11.8. The molecule has 2 rings (SSSR count). The number of rotatable bonds is 4. The number of carbonyl (C=O) groups is 1. The first-order valence-corrected chi connectivity index (χ1v) is 7.00. The van der Waals surface area contributed by atoms with Crippen LogP contribution in [0.4, 0.5) is 9.18 Å². The van der Waals surface area contributed by atoms with Crippen LogP contribution < -0.4 is 5.32 Å². The molecular formula is C15H20FN3O2. The van der Waals surface area contributed by atoms with Crippen molar-refractivity contribution in [2.75, 3.05) is 39.3 Å². The minimum Gasteiger partial charge on any atom is -0.395 e. The van der Waals surface area contributed by atoms with Crippen molar-refractivity contribution in [2.24, 2.45) is 0 Å². The van der Waals surface area contributed by atoms with Gasteiger partial charge in [0.15, 0.2) is 0 Å². The van der Waals surface area contributed by atoms with Gasteiger partial charge in [0.1, 0.15) is 5.82 Å². The molecule has 1 aliphatic rings. The third-order valence-corrected chi connectivity index (χ3v) is 3.45. The minimum absolute atomic E-state index is 0.136. The van der Waals surface area contributed by atoms with E-state index in [1.165, 1.54) is 18.3 Å². The average Bonchev–Trinajstić information content (AvgIpc) is 2.50. The van der Waals surface area contributed by atoms with E-state index in [-0.39, 0.29) is 18.5 Å². The third-order valence-electron chi connectivity index (χ3n) is 3.45. The van der Waals surface area contributed by atoms with Crippen LogP contribution in [0.25, 0.3) is 6.08 Å². The first kappa shape index (κ1) is 15.5. The molecule has 1 fully saturated rings. The fourth-order valence-electron chi connectivity index (χ4n) is 2.22. The topological polar surface area (TPSA) is 55.8 Å². The number of halogens is 1. The Labute approximate surface area is 123 Å². The molecule has 0 aliphatic carbocycles. The molecule has 2 N–H and O–H groups in total. The Balaban J connectivity index is 1.79. The van der Waals surface area contributed by atoms with E-state index in [4.69, 9.17) is 5.11 Å². The van der Waals surface area contributed by atoms with Crippen LogP contribution in [0.15, 0.2) is 30.5 Å². The highest BCUT2D eigenvalue weighted by Crippen LogP contribution is 2.07. The fraction of sp³-hybridized carbons (Fsp3) is 0.400. The van der Waals surface area contributed by atoms with Gasteiger partial charge in [-0.05, 0) is 12.1 Å². The molecule has 0 atom stereocenters. The van der Waals surface area contributed by atoms with Gasteiger partial charge in [-0.15, -0.1) is 0 Å². The maximum atomic E-state index is 13.4. The Kier molecular flexibility index (Phi) is 5.71. The lowest BCUT2D eigenvalue weighted by Gasteiger charge is -2.33. The average molecular weight is 293 g/mol. The van der Waals surface area contributed by atoms with Crippen molar-refractivity contribution in [3.8, 4) is 0 Å². The molecule has 5 nitrogen and oxygen atoms in total. The largest absolute Gasteiger partial charge is 0.395 e. The summed E-state index contributed by atoms with van der Waals surface area (Å²) in [6.45, 7) is 3.54. The molecule has 0 radical (unpaired) electrons. The molecule has 1 heterocycles. The second-order valence-corrected chi connectivity index (χ2v) is 4.86. The molecule has 114 valence electrons. The van der Waals surface area contributed by atoms with E-state index in [1.807, 2.05) is 0 Å². The van der Waals surface area contributed by atoms with Crippen LogP contribution in [0.2, 0.25) is 0 Å². The van der Waals surface area contributed by atoms with Crippen LogP contribution in [0, 0.1) is 5.82 Å². The normalized spacial score (nSPS) is 16.4. The van der Waals surface area contributed by atoms with Gasteiger partial charge in [0.2, 0.25) is 0 Å². The highest BCUT2D eigenvalue weighted by molar-refractivity contribution is 5.76. The van der Waals surface area contributed by atoms with Gasteiger partial charge >= 0.3 is 6.03 Å². The summed E-state index contributed by atoms with van der Waals surface area (Å²) in [5.41, 5.74) is 0.436. The fourth-order valence-corrected chi connectivity index (χ4v) is 2.22. The molecule has 0 spiro atoms. The number of nitrogens with zero attached hydrogens (tertiary/aromatic N) is 2. The van der Waals surface area contributed by atoms with E-state index >= 15 is 0 Å². The summed E-state index contributed by atoms with van der Waals surface area (Å²) in [6.07, 6.45) is 3.00. The maximum Gasteiger partial charge on any atom is 0.321 e. The number of nitrogens with one attached hydrogen (secondary N) is 1. The lowest BCUT2D eigenvalue weighted by atomic mass is 10.2. The number of hydrogen-bond acceptors (Lipinski definition) is 3. The lowest BCUT2D eigenvalue weighted by molar-refractivity contribution is 0.123. The van der Waals surface area contributed by atoms with E-state index in [0.29, 0.717) is 25.2 Å². The standard InChI is InChI=1S/C15H20FN3O2/c16-14-4-2-1-3-13(14)5-6-17-15(21)19-9-7-18(8-10-19)11-12-20/h1-6,20H,7-12H2,(H,17,21)/b6-5+. The molecule has 21 heavy (non-hydrogen) atoms. The Bertz CT molecular complexity index is 499. The van der Waals surface area contributed by atoms with Crippen LogP contribution in [0.1, 0.15) is 5.56 Å². The van der Waals surface area contributed by atoms with Crippen molar-refractivity contribution >= 4 is 12.1 Å². The van der Waals surface area contributed by atoms with Crippen LogP contribution >= 0.6 is 0 Å². The smallest absolute Gasteiger partial charge is 0.321 e. The Morgan fingerprint density at radius 3 is 2.67 bits per heavy atom. The summed E-state index contributed by atoms with van der Waals surface area (Å²) in [6, 6.07) is 6.20. The predicted octanol–water partition coefficient (Wildman–Crippen LogP) is 1.12. The zero-order chi connectivity index (χ0) is 15.1. The monoisotopic (exact) mass is 293 g/mol.